The Hall–Kier alpha value is -2.76. The molecule has 1 amide bonds. The summed E-state index contributed by atoms with van der Waals surface area (Å²) in [7, 11) is -3.57. The number of anilines is 1. The Morgan fingerprint density at radius 3 is 2.29 bits per heavy atom. The molecular formula is C20H20FN3O3S. The minimum absolute atomic E-state index is 0.150. The topological polar surface area (TPSA) is 99.1 Å². The van der Waals surface area contributed by atoms with Crippen molar-refractivity contribution in [3.05, 3.63) is 65.5 Å². The first-order chi connectivity index (χ1) is 13.2. The van der Waals surface area contributed by atoms with Gasteiger partial charge in [0, 0.05) is 12.1 Å². The van der Waals surface area contributed by atoms with Crippen LogP contribution < -0.4 is 10.0 Å². The number of nitrogens with one attached hydrogen (secondary N) is 2. The van der Waals surface area contributed by atoms with Crippen molar-refractivity contribution in [2.24, 2.45) is 0 Å². The van der Waals surface area contributed by atoms with Gasteiger partial charge in [-0.1, -0.05) is 24.3 Å². The van der Waals surface area contributed by atoms with Crippen molar-refractivity contribution in [1.29, 1.82) is 5.26 Å². The minimum Gasteiger partial charge on any atom is -0.326 e. The minimum atomic E-state index is -3.57. The summed E-state index contributed by atoms with van der Waals surface area (Å²) in [4.78, 5) is 12.4. The van der Waals surface area contributed by atoms with Crippen LogP contribution in [0, 0.1) is 17.1 Å². The maximum absolute atomic E-state index is 13.1. The van der Waals surface area contributed by atoms with E-state index in [1.54, 1.807) is 12.1 Å². The Morgan fingerprint density at radius 1 is 1.18 bits per heavy atom. The molecule has 0 aromatic heterocycles. The van der Waals surface area contributed by atoms with Gasteiger partial charge in [0.25, 0.3) is 0 Å². The van der Waals surface area contributed by atoms with Crippen molar-refractivity contribution in [3.63, 3.8) is 0 Å². The summed E-state index contributed by atoms with van der Waals surface area (Å²) < 4.78 is 38.8. The average molecular weight is 401 g/mol. The van der Waals surface area contributed by atoms with Gasteiger partial charge in [-0.05, 0) is 48.2 Å². The smallest absolute Gasteiger partial charge is 0.226 e. The molecule has 3 rings (SSSR count). The van der Waals surface area contributed by atoms with Crippen molar-refractivity contribution in [1.82, 2.24) is 4.72 Å². The largest absolute Gasteiger partial charge is 0.326 e. The number of amides is 1. The molecule has 2 aromatic rings. The quantitative estimate of drug-likeness (QED) is 0.745. The molecule has 0 heterocycles. The van der Waals surface area contributed by atoms with E-state index in [1.165, 1.54) is 24.3 Å². The van der Waals surface area contributed by atoms with Crippen LogP contribution in [0.2, 0.25) is 0 Å². The lowest BCUT2D eigenvalue weighted by Gasteiger charge is -2.18. The Labute approximate surface area is 163 Å². The van der Waals surface area contributed by atoms with Gasteiger partial charge >= 0.3 is 0 Å². The summed E-state index contributed by atoms with van der Waals surface area (Å²) in [5.41, 5.74) is 1.58. The van der Waals surface area contributed by atoms with Crippen molar-refractivity contribution in [3.8, 4) is 6.07 Å². The van der Waals surface area contributed by atoms with Crippen LogP contribution in [0.3, 0.4) is 0 Å². The first-order valence-corrected chi connectivity index (χ1v) is 10.6. The van der Waals surface area contributed by atoms with E-state index in [1.807, 2.05) is 12.1 Å². The molecule has 2 N–H and O–H groups in total. The molecule has 28 heavy (non-hydrogen) atoms. The molecule has 1 aliphatic carbocycles. The van der Waals surface area contributed by atoms with Gasteiger partial charge in [0.05, 0.1) is 23.8 Å². The van der Waals surface area contributed by atoms with E-state index in [0.29, 0.717) is 11.3 Å². The first kappa shape index (κ1) is 20.0. The lowest BCUT2D eigenvalue weighted by molar-refractivity contribution is -0.116. The molecule has 1 aliphatic rings. The molecule has 1 fully saturated rings. The van der Waals surface area contributed by atoms with E-state index >= 15 is 0 Å². The predicted octanol–water partition coefficient (Wildman–Crippen LogP) is 3.00. The Morgan fingerprint density at radius 2 is 1.79 bits per heavy atom. The van der Waals surface area contributed by atoms with E-state index in [-0.39, 0.29) is 12.3 Å². The summed E-state index contributed by atoms with van der Waals surface area (Å²) >= 11 is 0. The van der Waals surface area contributed by atoms with E-state index < -0.39 is 27.3 Å². The van der Waals surface area contributed by atoms with Gasteiger partial charge in [0.1, 0.15) is 5.82 Å². The zero-order chi connectivity index (χ0) is 20.4. The zero-order valence-electron chi connectivity index (χ0n) is 15.3. The Kier molecular flexibility index (Phi) is 5.49. The molecule has 0 spiro atoms. The van der Waals surface area contributed by atoms with Crippen LogP contribution in [-0.2, 0) is 20.2 Å². The highest BCUT2D eigenvalue weighted by molar-refractivity contribution is 7.88. The number of sulfonamides is 1. The highest BCUT2D eigenvalue weighted by atomic mass is 32.2. The number of nitriles is 1. The van der Waals surface area contributed by atoms with Gasteiger partial charge in [0.2, 0.25) is 15.9 Å². The van der Waals surface area contributed by atoms with Gasteiger partial charge < -0.3 is 5.32 Å². The average Bonchev–Trinajstić information content (AvgIpc) is 3.42. The van der Waals surface area contributed by atoms with Crippen LogP contribution >= 0.6 is 0 Å². The monoisotopic (exact) mass is 401 g/mol. The second kappa shape index (κ2) is 7.70. The van der Waals surface area contributed by atoms with E-state index in [0.717, 1.165) is 24.7 Å². The van der Waals surface area contributed by atoms with Gasteiger partial charge in [-0.15, -0.1) is 0 Å². The fourth-order valence-electron chi connectivity index (χ4n) is 3.04. The maximum atomic E-state index is 13.1. The maximum Gasteiger partial charge on any atom is 0.226 e. The van der Waals surface area contributed by atoms with Crippen LogP contribution in [-0.4, -0.2) is 20.6 Å². The fourth-order valence-corrected chi connectivity index (χ4v) is 3.78. The summed E-state index contributed by atoms with van der Waals surface area (Å²) in [6.45, 7) is 0. The Balaban J connectivity index is 1.69. The SMILES string of the molecule is CS(=O)(=O)N[C@H](CC(=O)Nc1ccc(C2(C#N)CC2)cc1)c1ccc(F)cc1. The molecule has 8 heteroatoms. The number of hydrogen-bond acceptors (Lipinski definition) is 4. The predicted molar refractivity (Wildman–Crippen MR) is 103 cm³/mol. The molecule has 0 radical (unpaired) electrons. The molecule has 0 bridgehead atoms. The third-order valence-corrected chi connectivity index (χ3v) is 5.42. The standard InChI is InChI=1S/C20H20FN3O3S/c1-28(26,27)24-18(14-2-6-16(21)7-3-14)12-19(25)23-17-8-4-15(5-9-17)20(13-22)10-11-20/h2-9,18,24H,10-12H2,1H3,(H,23,25)/t18-/m1/s1. The molecule has 1 saturated carbocycles. The number of rotatable bonds is 7. The van der Waals surface area contributed by atoms with Crippen LogP contribution in [0.4, 0.5) is 10.1 Å². The first-order valence-electron chi connectivity index (χ1n) is 8.75. The third kappa shape index (κ3) is 4.94. The molecule has 2 aromatic carbocycles. The number of hydrogen-bond donors (Lipinski definition) is 2. The molecule has 0 aliphatic heterocycles. The van der Waals surface area contributed by atoms with Gasteiger partial charge in [-0.3, -0.25) is 4.79 Å². The molecule has 1 atom stereocenters. The molecule has 146 valence electrons. The van der Waals surface area contributed by atoms with Crippen LogP contribution in [0.25, 0.3) is 0 Å². The van der Waals surface area contributed by atoms with Gasteiger partial charge in [0.15, 0.2) is 0 Å². The fraction of sp³-hybridized carbons (Fsp3) is 0.300. The summed E-state index contributed by atoms with van der Waals surface area (Å²) in [5.74, 6) is -0.836. The lowest BCUT2D eigenvalue weighted by Crippen LogP contribution is -2.30. The van der Waals surface area contributed by atoms with Crippen molar-refractivity contribution in [2.75, 3.05) is 11.6 Å². The summed E-state index contributed by atoms with van der Waals surface area (Å²) in [6, 6.07) is 13.9. The van der Waals surface area contributed by atoms with E-state index in [4.69, 9.17) is 0 Å². The number of halogens is 1. The highest BCUT2D eigenvalue weighted by Crippen LogP contribution is 2.47. The van der Waals surface area contributed by atoms with Gasteiger partial charge in [-0.25, -0.2) is 17.5 Å². The second-order valence-corrected chi connectivity index (χ2v) is 8.80. The number of carbonyl (C=O) groups excluding carboxylic acids is 1. The van der Waals surface area contributed by atoms with Crippen molar-refractivity contribution < 1.29 is 17.6 Å². The third-order valence-electron chi connectivity index (χ3n) is 4.70. The number of benzene rings is 2. The van der Waals surface area contributed by atoms with Crippen molar-refractivity contribution >= 4 is 21.6 Å². The lowest BCUT2D eigenvalue weighted by atomic mass is 9.97. The Bertz CT molecular complexity index is 1010. The molecular weight excluding hydrogens is 381 g/mol. The summed E-state index contributed by atoms with van der Waals surface area (Å²) in [6.07, 6.45) is 2.53. The zero-order valence-corrected chi connectivity index (χ0v) is 16.1. The highest BCUT2D eigenvalue weighted by Gasteiger charge is 2.44. The number of carbonyl (C=O) groups is 1. The van der Waals surface area contributed by atoms with E-state index in [9.17, 15) is 22.9 Å². The van der Waals surface area contributed by atoms with Gasteiger partial charge in [-0.2, -0.15) is 5.26 Å². The second-order valence-electron chi connectivity index (χ2n) is 7.02. The normalized spacial score (nSPS) is 16.0. The molecule has 0 unspecified atom stereocenters. The molecule has 0 saturated heterocycles. The van der Waals surface area contributed by atoms with Crippen LogP contribution in [0.1, 0.15) is 36.4 Å². The number of nitrogens with zero attached hydrogens (tertiary/aromatic N) is 1. The van der Waals surface area contributed by atoms with Crippen LogP contribution in [0.15, 0.2) is 48.5 Å². The van der Waals surface area contributed by atoms with Crippen molar-refractivity contribution in [2.45, 2.75) is 30.7 Å². The van der Waals surface area contributed by atoms with Crippen LogP contribution in [0.5, 0.6) is 0 Å². The van der Waals surface area contributed by atoms with E-state index in [2.05, 4.69) is 16.1 Å². The summed E-state index contributed by atoms with van der Waals surface area (Å²) in [5, 5.41) is 12.0. The molecule has 6 nitrogen and oxygen atoms in total.